The van der Waals surface area contributed by atoms with Gasteiger partial charge in [0.15, 0.2) is 0 Å². The second kappa shape index (κ2) is 7.19. The van der Waals surface area contributed by atoms with Gasteiger partial charge >= 0.3 is 0 Å². The third-order valence-corrected chi connectivity index (χ3v) is 2.83. The van der Waals surface area contributed by atoms with Crippen LogP contribution in [0.5, 0.6) is 5.88 Å². The van der Waals surface area contributed by atoms with Crippen molar-refractivity contribution in [3.8, 4) is 5.88 Å². The van der Waals surface area contributed by atoms with Crippen LogP contribution in [0.15, 0.2) is 6.33 Å². The maximum absolute atomic E-state index is 5.80. The fraction of sp³-hybridized carbons (Fsp3) is 0.714. The van der Waals surface area contributed by atoms with E-state index in [-0.39, 0.29) is 0 Å². The van der Waals surface area contributed by atoms with Gasteiger partial charge in [-0.05, 0) is 24.7 Å². The maximum atomic E-state index is 5.80. The van der Waals surface area contributed by atoms with Crippen LogP contribution >= 0.6 is 0 Å². The predicted octanol–water partition coefficient (Wildman–Crippen LogP) is 3.46. The highest BCUT2D eigenvalue weighted by atomic mass is 16.5. The second-order valence-corrected chi connectivity index (χ2v) is 5.23. The topological polar surface area (TPSA) is 47.0 Å². The van der Waals surface area contributed by atoms with Crippen molar-refractivity contribution in [1.29, 1.82) is 0 Å². The van der Waals surface area contributed by atoms with Crippen molar-refractivity contribution in [1.82, 2.24) is 9.97 Å². The summed E-state index contributed by atoms with van der Waals surface area (Å²) in [4.78, 5) is 8.49. The van der Waals surface area contributed by atoms with Crippen LogP contribution in [0.2, 0.25) is 0 Å². The van der Waals surface area contributed by atoms with E-state index in [9.17, 15) is 0 Å². The summed E-state index contributed by atoms with van der Waals surface area (Å²) in [5, 5.41) is 3.09. The van der Waals surface area contributed by atoms with E-state index < -0.39 is 0 Å². The van der Waals surface area contributed by atoms with E-state index >= 15 is 0 Å². The summed E-state index contributed by atoms with van der Waals surface area (Å²) in [7, 11) is 1.87. The summed E-state index contributed by atoms with van der Waals surface area (Å²) in [5.74, 6) is 2.64. The Morgan fingerprint density at radius 2 is 1.94 bits per heavy atom. The first-order valence-corrected chi connectivity index (χ1v) is 6.71. The van der Waals surface area contributed by atoms with E-state index in [4.69, 9.17) is 4.74 Å². The zero-order valence-electron chi connectivity index (χ0n) is 12.2. The SMILES string of the molecule is CNc1ncnc(OCCCC(C)C)c1C(C)C. The fourth-order valence-electron chi connectivity index (χ4n) is 1.87. The number of nitrogens with one attached hydrogen (secondary N) is 1. The van der Waals surface area contributed by atoms with Gasteiger partial charge in [-0.25, -0.2) is 9.97 Å². The average molecular weight is 251 g/mol. The van der Waals surface area contributed by atoms with Crippen molar-refractivity contribution in [3.05, 3.63) is 11.9 Å². The van der Waals surface area contributed by atoms with Gasteiger partial charge in [-0.3, -0.25) is 0 Å². The summed E-state index contributed by atoms with van der Waals surface area (Å²) in [6.07, 6.45) is 3.80. The minimum atomic E-state index is 0.341. The zero-order chi connectivity index (χ0) is 13.5. The van der Waals surface area contributed by atoms with Crippen molar-refractivity contribution in [2.75, 3.05) is 19.0 Å². The molecule has 0 radical (unpaired) electrons. The molecular formula is C14H25N3O. The average Bonchev–Trinajstić information content (AvgIpc) is 2.33. The largest absolute Gasteiger partial charge is 0.477 e. The molecule has 0 aromatic carbocycles. The molecule has 0 bridgehead atoms. The van der Waals surface area contributed by atoms with Crippen LogP contribution in [0.3, 0.4) is 0 Å². The molecule has 0 saturated heterocycles. The number of hydrogen-bond acceptors (Lipinski definition) is 4. The van der Waals surface area contributed by atoms with Crippen LogP contribution in [0.25, 0.3) is 0 Å². The molecule has 1 heterocycles. The van der Waals surface area contributed by atoms with E-state index in [1.54, 1.807) is 6.33 Å². The Bertz CT molecular complexity index is 364. The minimum Gasteiger partial charge on any atom is -0.477 e. The molecule has 0 aliphatic heterocycles. The van der Waals surface area contributed by atoms with Gasteiger partial charge in [0, 0.05) is 7.05 Å². The van der Waals surface area contributed by atoms with Crippen LogP contribution in [0.4, 0.5) is 5.82 Å². The number of nitrogens with zero attached hydrogens (tertiary/aromatic N) is 2. The molecule has 0 spiro atoms. The Labute approximate surface area is 110 Å². The Balaban J connectivity index is 2.69. The van der Waals surface area contributed by atoms with E-state index in [0.29, 0.717) is 11.8 Å². The first kappa shape index (κ1) is 14.7. The molecule has 0 aliphatic carbocycles. The van der Waals surface area contributed by atoms with Crippen LogP contribution in [-0.4, -0.2) is 23.6 Å². The Kier molecular flexibility index (Phi) is 5.89. The Hall–Kier alpha value is -1.32. The highest BCUT2D eigenvalue weighted by Crippen LogP contribution is 2.29. The minimum absolute atomic E-state index is 0.341. The summed E-state index contributed by atoms with van der Waals surface area (Å²) >= 11 is 0. The number of hydrogen-bond donors (Lipinski definition) is 1. The van der Waals surface area contributed by atoms with Crippen LogP contribution in [-0.2, 0) is 0 Å². The highest BCUT2D eigenvalue weighted by Gasteiger charge is 2.15. The summed E-state index contributed by atoms with van der Waals surface area (Å²) < 4.78 is 5.80. The zero-order valence-corrected chi connectivity index (χ0v) is 12.2. The number of aromatic nitrogens is 2. The van der Waals surface area contributed by atoms with Gasteiger partial charge in [0.25, 0.3) is 0 Å². The molecule has 4 heteroatoms. The van der Waals surface area contributed by atoms with Crippen molar-refractivity contribution >= 4 is 5.82 Å². The fourth-order valence-corrected chi connectivity index (χ4v) is 1.87. The molecule has 1 N–H and O–H groups in total. The first-order valence-electron chi connectivity index (χ1n) is 6.71. The first-order chi connectivity index (χ1) is 8.56. The van der Waals surface area contributed by atoms with Gasteiger partial charge in [-0.1, -0.05) is 27.7 Å². The smallest absolute Gasteiger partial charge is 0.222 e. The van der Waals surface area contributed by atoms with Crippen LogP contribution in [0.1, 0.15) is 52.0 Å². The summed E-state index contributed by atoms with van der Waals surface area (Å²) in [6.45, 7) is 9.42. The summed E-state index contributed by atoms with van der Waals surface area (Å²) in [6, 6.07) is 0. The van der Waals surface area contributed by atoms with E-state index in [1.807, 2.05) is 7.05 Å². The normalized spacial score (nSPS) is 11.1. The molecule has 0 atom stereocenters. The number of rotatable bonds is 7. The van der Waals surface area contributed by atoms with E-state index in [2.05, 4.69) is 43.0 Å². The van der Waals surface area contributed by atoms with Crippen molar-refractivity contribution in [2.24, 2.45) is 5.92 Å². The van der Waals surface area contributed by atoms with Crippen molar-refractivity contribution in [3.63, 3.8) is 0 Å². The molecule has 0 saturated carbocycles. The van der Waals surface area contributed by atoms with E-state index in [1.165, 1.54) is 6.42 Å². The third-order valence-electron chi connectivity index (χ3n) is 2.83. The van der Waals surface area contributed by atoms with Crippen molar-refractivity contribution in [2.45, 2.75) is 46.5 Å². The molecule has 1 aromatic heterocycles. The van der Waals surface area contributed by atoms with Gasteiger partial charge in [0.2, 0.25) is 5.88 Å². The second-order valence-electron chi connectivity index (χ2n) is 5.23. The Morgan fingerprint density at radius 3 is 2.50 bits per heavy atom. The molecule has 1 aromatic rings. The molecule has 0 unspecified atom stereocenters. The lowest BCUT2D eigenvalue weighted by Crippen LogP contribution is -2.08. The lowest BCUT2D eigenvalue weighted by atomic mass is 10.1. The standard InChI is InChI=1S/C14H25N3O/c1-10(2)7-6-8-18-14-12(11(3)4)13(15-5)16-9-17-14/h9-11H,6-8H2,1-5H3,(H,15,16,17). The van der Waals surface area contributed by atoms with Gasteiger partial charge in [0.1, 0.15) is 12.1 Å². The Morgan fingerprint density at radius 1 is 1.22 bits per heavy atom. The quantitative estimate of drug-likeness (QED) is 0.754. The third kappa shape index (κ3) is 4.17. The van der Waals surface area contributed by atoms with Gasteiger partial charge < -0.3 is 10.1 Å². The van der Waals surface area contributed by atoms with E-state index in [0.717, 1.165) is 30.3 Å². The molecule has 18 heavy (non-hydrogen) atoms. The van der Waals surface area contributed by atoms with Gasteiger partial charge in [-0.15, -0.1) is 0 Å². The lowest BCUT2D eigenvalue weighted by Gasteiger charge is -2.16. The van der Waals surface area contributed by atoms with Crippen LogP contribution in [0, 0.1) is 5.92 Å². The predicted molar refractivity (Wildman–Crippen MR) is 75.2 cm³/mol. The molecule has 0 fully saturated rings. The van der Waals surface area contributed by atoms with Gasteiger partial charge in [-0.2, -0.15) is 0 Å². The summed E-state index contributed by atoms with van der Waals surface area (Å²) in [5.41, 5.74) is 1.06. The van der Waals surface area contributed by atoms with Crippen LogP contribution < -0.4 is 10.1 Å². The lowest BCUT2D eigenvalue weighted by molar-refractivity contribution is 0.283. The number of anilines is 1. The highest BCUT2D eigenvalue weighted by molar-refractivity contribution is 5.50. The maximum Gasteiger partial charge on any atom is 0.222 e. The van der Waals surface area contributed by atoms with Gasteiger partial charge in [0.05, 0.1) is 12.2 Å². The molecular weight excluding hydrogens is 226 g/mol. The number of ether oxygens (including phenoxy) is 1. The molecule has 4 nitrogen and oxygen atoms in total. The monoisotopic (exact) mass is 251 g/mol. The van der Waals surface area contributed by atoms with Crippen molar-refractivity contribution < 1.29 is 4.74 Å². The molecule has 102 valence electrons. The molecule has 0 amide bonds. The molecule has 1 rings (SSSR count). The molecule has 0 aliphatic rings.